The Hall–Kier alpha value is -2.04. The maximum atomic E-state index is 12.7. The molecule has 144 valence electrons. The first-order chi connectivity index (χ1) is 12.5. The van der Waals surface area contributed by atoms with Gasteiger partial charge in [0.15, 0.2) is 5.60 Å². The maximum Gasteiger partial charge on any atom is 0.291 e. The number of aliphatic hydroxyl groups is 1. The molecule has 2 aliphatic rings. The van der Waals surface area contributed by atoms with Crippen molar-refractivity contribution in [2.45, 2.75) is 18.4 Å². The van der Waals surface area contributed by atoms with Crippen LogP contribution in [0.2, 0.25) is 0 Å². The quantitative estimate of drug-likeness (QED) is 0.634. The Bertz CT molecular complexity index is 616. The maximum absolute atomic E-state index is 12.7. The molecule has 0 radical (unpaired) electrons. The van der Waals surface area contributed by atoms with E-state index in [0.717, 1.165) is 6.42 Å². The first-order valence-electron chi connectivity index (χ1n) is 8.91. The van der Waals surface area contributed by atoms with E-state index in [2.05, 4.69) is 15.2 Å². The number of nitrogens with zero attached hydrogens (tertiary/aromatic N) is 5. The highest BCUT2D eigenvalue weighted by Crippen LogP contribution is 2.24. The van der Waals surface area contributed by atoms with Crippen molar-refractivity contribution in [3.63, 3.8) is 0 Å². The summed E-state index contributed by atoms with van der Waals surface area (Å²) in [5.41, 5.74) is -1.36. The largest absolute Gasteiger partial charge is 0.383 e. The van der Waals surface area contributed by atoms with Crippen LogP contribution in [0.4, 0.5) is 0 Å². The summed E-state index contributed by atoms with van der Waals surface area (Å²) in [6.45, 7) is 4.17. The number of likely N-dealkylation sites (tertiary alicyclic amines) is 1. The number of aromatic amines is 1. The van der Waals surface area contributed by atoms with Crippen molar-refractivity contribution < 1.29 is 19.4 Å². The fourth-order valence-corrected chi connectivity index (χ4v) is 3.56. The van der Waals surface area contributed by atoms with Gasteiger partial charge >= 0.3 is 0 Å². The molecule has 10 heteroatoms. The SMILES string of the molecule is COCCN1CCCC(O)(CN2CCN(C(=O)c3ncn[nH]3)CC2)C1=O. The highest BCUT2D eigenvalue weighted by atomic mass is 16.5. The van der Waals surface area contributed by atoms with E-state index in [1.165, 1.54) is 6.33 Å². The minimum atomic E-state index is -1.36. The predicted octanol–water partition coefficient (Wildman–Crippen LogP) is -1.44. The van der Waals surface area contributed by atoms with Gasteiger partial charge in [0.2, 0.25) is 5.82 Å². The van der Waals surface area contributed by atoms with E-state index in [0.29, 0.717) is 58.8 Å². The Morgan fingerprint density at radius 3 is 2.77 bits per heavy atom. The van der Waals surface area contributed by atoms with Crippen LogP contribution in [-0.2, 0) is 9.53 Å². The van der Waals surface area contributed by atoms with Crippen molar-refractivity contribution in [1.82, 2.24) is 29.9 Å². The summed E-state index contributed by atoms with van der Waals surface area (Å²) in [4.78, 5) is 34.2. The second-order valence-electron chi connectivity index (χ2n) is 6.82. The number of hydrogen-bond acceptors (Lipinski definition) is 7. The van der Waals surface area contributed by atoms with Gasteiger partial charge in [0.05, 0.1) is 6.61 Å². The van der Waals surface area contributed by atoms with E-state index in [4.69, 9.17) is 4.74 Å². The summed E-state index contributed by atoms with van der Waals surface area (Å²) in [5, 5.41) is 17.2. The van der Waals surface area contributed by atoms with Gasteiger partial charge in [-0.2, -0.15) is 5.10 Å². The summed E-state index contributed by atoms with van der Waals surface area (Å²) < 4.78 is 5.04. The van der Waals surface area contributed by atoms with E-state index in [9.17, 15) is 14.7 Å². The van der Waals surface area contributed by atoms with Crippen LogP contribution in [0.25, 0.3) is 0 Å². The molecular formula is C16H26N6O4. The number of amides is 2. The molecule has 3 heterocycles. The van der Waals surface area contributed by atoms with Crippen LogP contribution in [0.5, 0.6) is 0 Å². The van der Waals surface area contributed by atoms with Crippen molar-refractivity contribution in [3.8, 4) is 0 Å². The third-order valence-corrected chi connectivity index (χ3v) is 5.03. The summed E-state index contributed by atoms with van der Waals surface area (Å²) in [6.07, 6.45) is 2.55. The molecule has 2 fully saturated rings. The number of H-pyrrole nitrogens is 1. The molecule has 1 unspecified atom stereocenters. The molecule has 2 saturated heterocycles. The molecule has 2 aliphatic heterocycles. The fraction of sp³-hybridized carbons (Fsp3) is 0.750. The smallest absolute Gasteiger partial charge is 0.291 e. The molecule has 0 saturated carbocycles. The third-order valence-electron chi connectivity index (χ3n) is 5.03. The average Bonchev–Trinajstić information content (AvgIpc) is 3.18. The van der Waals surface area contributed by atoms with Crippen molar-refractivity contribution in [1.29, 1.82) is 0 Å². The summed E-state index contributed by atoms with van der Waals surface area (Å²) in [5.74, 6) is -0.172. The Morgan fingerprint density at radius 2 is 2.12 bits per heavy atom. The minimum Gasteiger partial charge on any atom is -0.383 e. The monoisotopic (exact) mass is 366 g/mol. The topological polar surface area (TPSA) is 115 Å². The summed E-state index contributed by atoms with van der Waals surface area (Å²) in [6, 6.07) is 0. The zero-order chi connectivity index (χ0) is 18.6. The molecule has 26 heavy (non-hydrogen) atoms. The zero-order valence-electron chi connectivity index (χ0n) is 15.1. The van der Waals surface area contributed by atoms with Crippen LogP contribution in [0.15, 0.2) is 6.33 Å². The first kappa shape index (κ1) is 18.7. The lowest BCUT2D eigenvalue weighted by atomic mass is 9.91. The number of carbonyl (C=O) groups is 2. The molecule has 1 atom stereocenters. The van der Waals surface area contributed by atoms with Gasteiger partial charge < -0.3 is 19.6 Å². The Morgan fingerprint density at radius 1 is 1.35 bits per heavy atom. The highest BCUT2D eigenvalue weighted by Gasteiger charge is 2.43. The number of β-amino-alcohol motifs (C(OH)–C–C–N with tert-alkyl or cyclic N) is 1. The Labute approximate surface area is 152 Å². The zero-order valence-corrected chi connectivity index (χ0v) is 15.1. The number of methoxy groups -OCH3 is 1. The summed E-state index contributed by atoms with van der Waals surface area (Å²) >= 11 is 0. The van der Waals surface area contributed by atoms with Gasteiger partial charge in [-0.1, -0.05) is 0 Å². The number of rotatable bonds is 6. The number of nitrogens with one attached hydrogen (secondary N) is 1. The minimum absolute atomic E-state index is 0.180. The third kappa shape index (κ3) is 4.02. The van der Waals surface area contributed by atoms with E-state index < -0.39 is 5.60 Å². The van der Waals surface area contributed by atoms with Crippen LogP contribution in [0, 0.1) is 0 Å². The molecule has 1 aromatic heterocycles. The van der Waals surface area contributed by atoms with Crippen molar-refractivity contribution in [2.75, 3.05) is 59.5 Å². The summed E-state index contributed by atoms with van der Waals surface area (Å²) in [7, 11) is 1.60. The van der Waals surface area contributed by atoms with E-state index in [1.807, 2.05) is 4.90 Å². The van der Waals surface area contributed by atoms with Gasteiger partial charge in [0.1, 0.15) is 6.33 Å². The number of piperidine rings is 1. The molecule has 1 aromatic rings. The van der Waals surface area contributed by atoms with Crippen LogP contribution in [0.3, 0.4) is 0 Å². The lowest BCUT2D eigenvalue weighted by Crippen LogP contribution is -2.61. The second-order valence-corrected chi connectivity index (χ2v) is 6.82. The highest BCUT2D eigenvalue weighted by molar-refractivity contribution is 5.90. The van der Waals surface area contributed by atoms with E-state index >= 15 is 0 Å². The molecule has 2 N–H and O–H groups in total. The Kier molecular flexibility index (Phi) is 5.84. The van der Waals surface area contributed by atoms with Crippen LogP contribution < -0.4 is 0 Å². The number of hydrogen-bond donors (Lipinski definition) is 2. The molecule has 0 spiro atoms. The van der Waals surface area contributed by atoms with Gasteiger partial charge in [-0.3, -0.25) is 19.6 Å². The molecule has 3 rings (SSSR count). The molecule has 10 nitrogen and oxygen atoms in total. The van der Waals surface area contributed by atoms with Gasteiger partial charge in [0.25, 0.3) is 11.8 Å². The van der Waals surface area contributed by atoms with Crippen LogP contribution in [-0.4, -0.2) is 112 Å². The normalized spacial score (nSPS) is 24.9. The van der Waals surface area contributed by atoms with E-state index in [-0.39, 0.29) is 17.6 Å². The molecule has 0 bridgehead atoms. The van der Waals surface area contributed by atoms with Crippen molar-refractivity contribution in [3.05, 3.63) is 12.2 Å². The van der Waals surface area contributed by atoms with Gasteiger partial charge in [0, 0.05) is 52.9 Å². The van der Waals surface area contributed by atoms with E-state index in [1.54, 1.807) is 16.9 Å². The number of ether oxygens (including phenoxy) is 1. The number of aromatic nitrogens is 3. The Balaban J connectivity index is 1.53. The lowest BCUT2D eigenvalue weighted by molar-refractivity contribution is -0.160. The standard InChI is InChI=1S/C16H26N6O4/c1-26-10-9-22-4-2-3-16(25,15(22)24)11-20-5-7-21(8-6-20)14(23)13-17-12-18-19-13/h12,25H,2-11H2,1H3,(H,17,18,19). The molecule has 2 amide bonds. The van der Waals surface area contributed by atoms with Gasteiger partial charge in [-0.05, 0) is 12.8 Å². The van der Waals surface area contributed by atoms with Crippen molar-refractivity contribution >= 4 is 11.8 Å². The lowest BCUT2D eigenvalue weighted by Gasteiger charge is -2.42. The van der Waals surface area contributed by atoms with Crippen LogP contribution >= 0.6 is 0 Å². The first-order valence-corrected chi connectivity index (χ1v) is 8.91. The van der Waals surface area contributed by atoms with Gasteiger partial charge in [-0.25, -0.2) is 4.98 Å². The fourth-order valence-electron chi connectivity index (χ4n) is 3.56. The van der Waals surface area contributed by atoms with Crippen molar-refractivity contribution in [2.24, 2.45) is 0 Å². The number of piperazine rings is 1. The van der Waals surface area contributed by atoms with Gasteiger partial charge in [-0.15, -0.1) is 0 Å². The molecule has 0 aliphatic carbocycles. The molecule has 0 aromatic carbocycles. The molecular weight excluding hydrogens is 340 g/mol. The van der Waals surface area contributed by atoms with Crippen LogP contribution in [0.1, 0.15) is 23.5 Å². The predicted molar refractivity (Wildman–Crippen MR) is 91.4 cm³/mol. The second kappa shape index (κ2) is 8.11. The average molecular weight is 366 g/mol. The number of carbonyl (C=O) groups excluding carboxylic acids is 2.